The molecule has 0 heterocycles. The summed E-state index contributed by atoms with van der Waals surface area (Å²) < 4.78 is 10.9. The monoisotopic (exact) mass is 324 g/mol. The Morgan fingerprint density at radius 3 is 2.33 bits per heavy atom. The van der Waals surface area contributed by atoms with E-state index in [0.29, 0.717) is 25.2 Å². The van der Waals surface area contributed by atoms with E-state index in [1.807, 2.05) is 74.5 Å². The summed E-state index contributed by atoms with van der Waals surface area (Å²) in [5.41, 5.74) is 2.81. The first-order valence-corrected chi connectivity index (χ1v) is 8.37. The number of hydrogen-bond donors (Lipinski definition) is 0. The fourth-order valence-electron chi connectivity index (χ4n) is 2.33. The molecule has 0 aliphatic heterocycles. The summed E-state index contributed by atoms with van der Waals surface area (Å²) in [5, 5.41) is 0. The van der Waals surface area contributed by atoms with Crippen LogP contribution in [0.1, 0.15) is 37.8 Å². The number of hydrogen-bond acceptors (Lipinski definition) is 3. The van der Waals surface area contributed by atoms with Gasteiger partial charge in [-0.25, -0.2) is 4.79 Å². The predicted molar refractivity (Wildman–Crippen MR) is 96.7 cm³/mol. The molecule has 0 unspecified atom stereocenters. The topological polar surface area (TPSA) is 35.5 Å². The number of ether oxygens (including phenoxy) is 2. The number of benzene rings is 2. The molecule has 2 aromatic rings. The van der Waals surface area contributed by atoms with Gasteiger partial charge in [0.15, 0.2) is 0 Å². The minimum Gasteiger partial charge on any atom is -0.489 e. The van der Waals surface area contributed by atoms with Crippen molar-refractivity contribution in [2.45, 2.75) is 33.3 Å². The van der Waals surface area contributed by atoms with E-state index in [4.69, 9.17) is 9.47 Å². The maximum absolute atomic E-state index is 11.9. The van der Waals surface area contributed by atoms with Crippen LogP contribution in [0, 0.1) is 0 Å². The third-order valence-electron chi connectivity index (χ3n) is 3.53. The highest BCUT2D eigenvalue weighted by Crippen LogP contribution is 2.18. The summed E-state index contributed by atoms with van der Waals surface area (Å²) in [6.45, 7) is 4.81. The van der Waals surface area contributed by atoms with Crippen LogP contribution in [-0.2, 0) is 16.1 Å². The van der Waals surface area contributed by atoms with Crippen molar-refractivity contribution >= 4 is 12.0 Å². The fraction of sp³-hybridized carbons (Fsp3) is 0.286. The van der Waals surface area contributed by atoms with Crippen molar-refractivity contribution in [2.75, 3.05) is 6.61 Å². The zero-order valence-corrected chi connectivity index (χ0v) is 14.3. The molecule has 24 heavy (non-hydrogen) atoms. The van der Waals surface area contributed by atoms with Crippen molar-refractivity contribution in [1.82, 2.24) is 0 Å². The molecule has 0 aromatic heterocycles. The SMILES string of the molecule is CCCC(=Cc1ccc(OCc2ccccc2)cc1)C(=O)OCC. The maximum atomic E-state index is 11.9. The van der Waals surface area contributed by atoms with Crippen molar-refractivity contribution in [2.24, 2.45) is 0 Å². The van der Waals surface area contributed by atoms with Gasteiger partial charge in [-0.2, -0.15) is 0 Å². The van der Waals surface area contributed by atoms with E-state index < -0.39 is 0 Å². The van der Waals surface area contributed by atoms with E-state index in [2.05, 4.69) is 0 Å². The molecule has 0 saturated heterocycles. The third-order valence-corrected chi connectivity index (χ3v) is 3.53. The molecule has 0 atom stereocenters. The Hall–Kier alpha value is -2.55. The smallest absolute Gasteiger partial charge is 0.334 e. The molecule has 2 aromatic carbocycles. The van der Waals surface area contributed by atoms with Gasteiger partial charge in [-0.1, -0.05) is 55.8 Å². The van der Waals surface area contributed by atoms with E-state index in [1.165, 1.54) is 0 Å². The summed E-state index contributed by atoms with van der Waals surface area (Å²) in [6, 6.07) is 17.8. The number of rotatable bonds is 8. The normalized spacial score (nSPS) is 11.2. The van der Waals surface area contributed by atoms with Crippen LogP contribution in [0.2, 0.25) is 0 Å². The van der Waals surface area contributed by atoms with Gasteiger partial charge in [-0.05, 0) is 42.7 Å². The molecule has 0 bridgehead atoms. The van der Waals surface area contributed by atoms with Crippen LogP contribution in [0.3, 0.4) is 0 Å². The molecule has 0 radical (unpaired) electrons. The van der Waals surface area contributed by atoms with Crippen LogP contribution in [-0.4, -0.2) is 12.6 Å². The maximum Gasteiger partial charge on any atom is 0.334 e. The minimum absolute atomic E-state index is 0.233. The lowest BCUT2D eigenvalue weighted by Crippen LogP contribution is -2.07. The fourth-order valence-corrected chi connectivity index (χ4v) is 2.33. The molecule has 126 valence electrons. The molecule has 2 rings (SSSR count). The lowest BCUT2D eigenvalue weighted by atomic mass is 10.1. The summed E-state index contributed by atoms with van der Waals surface area (Å²) in [7, 11) is 0. The van der Waals surface area contributed by atoms with Crippen molar-refractivity contribution < 1.29 is 14.3 Å². The van der Waals surface area contributed by atoms with Crippen LogP contribution in [0.5, 0.6) is 5.75 Å². The lowest BCUT2D eigenvalue weighted by molar-refractivity contribution is -0.138. The van der Waals surface area contributed by atoms with Gasteiger partial charge in [0.25, 0.3) is 0 Å². The Morgan fingerprint density at radius 1 is 1.00 bits per heavy atom. The molecule has 0 aliphatic rings. The highest BCUT2D eigenvalue weighted by Gasteiger charge is 2.09. The number of carbonyl (C=O) groups excluding carboxylic acids is 1. The van der Waals surface area contributed by atoms with Crippen molar-refractivity contribution in [1.29, 1.82) is 0 Å². The Bertz CT molecular complexity index is 657. The van der Waals surface area contributed by atoms with E-state index in [-0.39, 0.29) is 5.97 Å². The highest BCUT2D eigenvalue weighted by molar-refractivity contribution is 5.93. The first-order chi connectivity index (χ1) is 11.7. The quantitative estimate of drug-likeness (QED) is 0.505. The Kier molecular flexibility index (Phi) is 7.09. The second-order valence-electron chi connectivity index (χ2n) is 5.48. The molecule has 0 N–H and O–H groups in total. The van der Waals surface area contributed by atoms with E-state index >= 15 is 0 Å². The van der Waals surface area contributed by atoms with E-state index in [9.17, 15) is 4.79 Å². The molecule has 3 nitrogen and oxygen atoms in total. The number of esters is 1. The van der Waals surface area contributed by atoms with Crippen molar-refractivity contribution in [3.05, 3.63) is 71.3 Å². The molecule has 3 heteroatoms. The van der Waals surface area contributed by atoms with Crippen LogP contribution in [0.15, 0.2) is 60.2 Å². The highest BCUT2D eigenvalue weighted by atomic mass is 16.5. The van der Waals surface area contributed by atoms with Crippen LogP contribution in [0.4, 0.5) is 0 Å². The Morgan fingerprint density at radius 2 is 1.71 bits per heavy atom. The molecular formula is C21H24O3. The average Bonchev–Trinajstić information content (AvgIpc) is 2.62. The predicted octanol–water partition coefficient (Wildman–Crippen LogP) is 5.01. The first-order valence-electron chi connectivity index (χ1n) is 8.37. The van der Waals surface area contributed by atoms with Gasteiger partial charge >= 0.3 is 5.97 Å². The molecular weight excluding hydrogens is 300 g/mol. The zero-order chi connectivity index (χ0) is 17.2. The van der Waals surface area contributed by atoms with Crippen molar-refractivity contribution in [3.8, 4) is 5.75 Å². The molecule has 0 aliphatic carbocycles. The van der Waals surface area contributed by atoms with Crippen LogP contribution in [0.25, 0.3) is 6.08 Å². The molecule has 0 fully saturated rings. The van der Waals surface area contributed by atoms with E-state index in [0.717, 1.165) is 23.3 Å². The van der Waals surface area contributed by atoms with Gasteiger partial charge in [0, 0.05) is 5.57 Å². The second kappa shape index (κ2) is 9.56. The van der Waals surface area contributed by atoms with Gasteiger partial charge in [0.2, 0.25) is 0 Å². The average molecular weight is 324 g/mol. The van der Waals surface area contributed by atoms with Gasteiger partial charge < -0.3 is 9.47 Å². The van der Waals surface area contributed by atoms with Gasteiger partial charge in [-0.15, -0.1) is 0 Å². The summed E-state index contributed by atoms with van der Waals surface area (Å²) in [4.78, 5) is 11.9. The van der Waals surface area contributed by atoms with Crippen molar-refractivity contribution in [3.63, 3.8) is 0 Å². The zero-order valence-electron chi connectivity index (χ0n) is 14.3. The molecule has 0 amide bonds. The lowest BCUT2D eigenvalue weighted by Gasteiger charge is -2.08. The first kappa shape index (κ1) is 17.8. The largest absolute Gasteiger partial charge is 0.489 e. The third kappa shape index (κ3) is 5.58. The minimum atomic E-state index is -0.233. The van der Waals surface area contributed by atoms with E-state index in [1.54, 1.807) is 0 Å². The van der Waals surface area contributed by atoms with Gasteiger partial charge in [0.05, 0.1) is 6.61 Å². The summed E-state index contributed by atoms with van der Waals surface area (Å²) >= 11 is 0. The van der Waals surface area contributed by atoms with Gasteiger partial charge in [-0.3, -0.25) is 0 Å². The summed E-state index contributed by atoms with van der Waals surface area (Å²) in [5.74, 6) is 0.577. The van der Waals surface area contributed by atoms with Gasteiger partial charge in [0.1, 0.15) is 12.4 Å². The standard InChI is InChI=1S/C21H24O3/c1-3-8-19(21(22)23-4-2)15-17-11-13-20(14-12-17)24-16-18-9-6-5-7-10-18/h5-7,9-15H,3-4,8,16H2,1-2H3. The Labute approximate surface area is 143 Å². The van der Waals surface area contributed by atoms with Crippen LogP contribution < -0.4 is 4.74 Å². The summed E-state index contributed by atoms with van der Waals surface area (Å²) in [6.07, 6.45) is 3.51. The molecule has 0 spiro atoms. The number of carbonyl (C=O) groups is 1. The van der Waals surface area contributed by atoms with Crippen LogP contribution >= 0.6 is 0 Å². The molecule has 0 saturated carbocycles. The second-order valence-corrected chi connectivity index (χ2v) is 5.48. The Balaban J connectivity index is 2.01.